The van der Waals surface area contributed by atoms with Crippen LogP contribution < -0.4 is 11.1 Å². The van der Waals surface area contributed by atoms with Crippen molar-refractivity contribution in [1.82, 2.24) is 10.2 Å². The lowest BCUT2D eigenvalue weighted by Crippen LogP contribution is -2.46. The summed E-state index contributed by atoms with van der Waals surface area (Å²) in [7, 11) is 0. The van der Waals surface area contributed by atoms with Crippen molar-refractivity contribution in [2.75, 3.05) is 19.6 Å². The van der Waals surface area contributed by atoms with Gasteiger partial charge in [0.2, 0.25) is 0 Å². The van der Waals surface area contributed by atoms with Crippen LogP contribution in [0, 0.1) is 6.92 Å². The molecule has 4 nitrogen and oxygen atoms in total. The van der Waals surface area contributed by atoms with Gasteiger partial charge in [0.25, 0.3) is 5.91 Å². The van der Waals surface area contributed by atoms with E-state index in [1.807, 2.05) is 31.2 Å². The number of nitrogens with two attached hydrogens (primary N) is 1. The first-order valence-corrected chi connectivity index (χ1v) is 7.34. The van der Waals surface area contributed by atoms with Crippen LogP contribution in [0.4, 0.5) is 0 Å². The molecule has 0 unspecified atom stereocenters. The fraction of sp³-hybridized carbons (Fsp3) is 0.467. The fourth-order valence-electron chi connectivity index (χ4n) is 2.55. The maximum Gasteiger partial charge on any atom is 0.251 e. The number of nitrogens with one attached hydrogen (secondary N) is 1. The highest BCUT2D eigenvalue weighted by Gasteiger charge is 2.21. The Labute approximate surface area is 125 Å². The Bertz CT molecular complexity index is 496. The summed E-state index contributed by atoms with van der Waals surface area (Å²) in [5, 5.41) is 3.12. The third-order valence-corrected chi connectivity index (χ3v) is 3.82. The second-order valence-corrected chi connectivity index (χ2v) is 5.83. The lowest BCUT2D eigenvalue weighted by Gasteiger charge is -2.32. The highest BCUT2D eigenvalue weighted by molar-refractivity contribution is 7.80. The minimum Gasteiger partial charge on any atom is -0.392 e. The number of hydrogen-bond acceptors (Lipinski definition) is 3. The van der Waals surface area contributed by atoms with Crippen LogP contribution in [0.3, 0.4) is 0 Å². The zero-order chi connectivity index (χ0) is 14.5. The number of carbonyl (C=O) groups is 1. The number of likely N-dealkylation sites (tertiary alicyclic amines) is 1. The molecule has 1 saturated heterocycles. The molecule has 0 bridgehead atoms. The molecule has 1 heterocycles. The zero-order valence-corrected chi connectivity index (χ0v) is 12.6. The number of aryl methyl sites for hydroxylation is 1. The lowest BCUT2D eigenvalue weighted by atomic mass is 10.0. The summed E-state index contributed by atoms with van der Waals surface area (Å²) in [5.74, 6) is 0.0240. The average molecular weight is 291 g/mol. The number of nitrogens with zero attached hydrogens (tertiary/aromatic N) is 1. The second-order valence-electron chi connectivity index (χ2n) is 5.31. The summed E-state index contributed by atoms with van der Waals surface area (Å²) in [6.07, 6.45) is 1.89. The lowest BCUT2D eigenvalue weighted by molar-refractivity contribution is 0.0914. The maximum absolute atomic E-state index is 12.2. The molecule has 108 valence electrons. The van der Waals surface area contributed by atoms with E-state index in [1.54, 1.807) is 0 Å². The molecule has 5 heteroatoms. The predicted molar refractivity (Wildman–Crippen MR) is 84.9 cm³/mol. The molecule has 1 fully saturated rings. The first-order chi connectivity index (χ1) is 9.56. The monoisotopic (exact) mass is 291 g/mol. The molecule has 20 heavy (non-hydrogen) atoms. The summed E-state index contributed by atoms with van der Waals surface area (Å²) >= 11 is 4.92. The first kappa shape index (κ1) is 14.9. The SMILES string of the molecule is Cc1ccccc1C(=O)NC1CCN(CC(N)=S)CC1. The standard InChI is InChI=1S/C15H21N3OS/c1-11-4-2-3-5-13(11)15(19)17-12-6-8-18(9-7-12)10-14(16)20/h2-5,12H,6-10H2,1H3,(H2,16,20)(H,17,19). The Morgan fingerprint density at radius 2 is 2.05 bits per heavy atom. The Morgan fingerprint density at radius 3 is 2.65 bits per heavy atom. The van der Waals surface area contributed by atoms with Gasteiger partial charge in [0.05, 0.1) is 4.99 Å². The average Bonchev–Trinajstić information content (AvgIpc) is 2.41. The molecular formula is C15H21N3OS. The van der Waals surface area contributed by atoms with Crippen LogP contribution >= 0.6 is 12.2 Å². The Kier molecular flexibility index (Phi) is 5.09. The molecule has 1 aromatic rings. The van der Waals surface area contributed by atoms with Crippen molar-refractivity contribution < 1.29 is 4.79 Å². The highest BCUT2D eigenvalue weighted by atomic mass is 32.1. The third-order valence-electron chi connectivity index (χ3n) is 3.69. The van der Waals surface area contributed by atoms with E-state index in [0.29, 0.717) is 11.5 Å². The van der Waals surface area contributed by atoms with Crippen LogP contribution in [0.15, 0.2) is 24.3 Å². The number of rotatable bonds is 4. The van der Waals surface area contributed by atoms with Crippen molar-refractivity contribution in [2.45, 2.75) is 25.8 Å². The second kappa shape index (κ2) is 6.81. The number of hydrogen-bond donors (Lipinski definition) is 2. The maximum atomic E-state index is 12.2. The number of piperidine rings is 1. The van der Waals surface area contributed by atoms with Crippen LogP contribution in [0.1, 0.15) is 28.8 Å². The van der Waals surface area contributed by atoms with Crippen LogP contribution in [-0.2, 0) is 0 Å². The van der Waals surface area contributed by atoms with E-state index in [0.717, 1.165) is 37.1 Å². The van der Waals surface area contributed by atoms with Gasteiger partial charge in [-0.25, -0.2) is 0 Å². The highest BCUT2D eigenvalue weighted by Crippen LogP contribution is 2.12. The van der Waals surface area contributed by atoms with Gasteiger partial charge in [-0.1, -0.05) is 30.4 Å². The van der Waals surface area contributed by atoms with E-state index < -0.39 is 0 Å². The fourth-order valence-corrected chi connectivity index (χ4v) is 2.73. The summed E-state index contributed by atoms with van der Waals surface area (Å²) in [4.78, 5) is 15.0. The molecule has 0 spiro atoms. The van der Waals surface area contributed by atoms with Gasteiger partial charge in [0.1, 0.15) is 0 Å². The molecule has 1 aliphatic rings. The van der Waals surface area contributed by atoms with Crippen LogP contribution in [0.5, 0.6) is 0 Å². The normalized spacial score (nSPS) is 16.9. The largest absolute Gasteiger partial charge is 0.392 e. The summed E-state index contributed by atoms with van der Waals surface area (Å²) in [6, 6.07) is 7.91. The van der Waals surface area contributed by atoms with Gasteiger partial charge < -0.3 is 11.1 Å². The van der Waals surface area contributed by atoms with Gasteiger partial charge >= 0.3 is 0 Å². The number of thiocarbonyl (C=S) groups is 1. The molecule has 1 aliphatic heterocycles. The zero-order valence-electron chi connectivity index (χ0n) is 11.8. The van der Waals surface area contributed by atoms with E-state index >= 15 is 0 Å². The smallest absolute Gasteiger partial charge is 0.251 e. The summed E-state index contributed by atoms with van der Waals surface area (Å²) in [5.41, 5.74) is 7.32. The van der Waals surface area contributed by atoms with Crippen molar-refractivity contribution >= 4 is 23.1 Å². The van der Waals surface area contributed by atoms with Gasteiger partial charge in [-0.15, -0.1) is 0 Å². The van der Waals surface area contributed by atoms with E-state index in [9.17, 15) is 4.79 Å². The van der Waals surface area contributed by atoms with Crippen molar-refractivity contribution in [3.05, 3.63) is 35.4 Å². The first-order valence-electron chi connectivity index (χ1n) is 6.93. The van der Waals surface area contributed by atoms with Gasteiger partial charge in [-0.3, -0.25) is 9.69 Å². The summed E-state index contributed by atoms with van der Waals surface area (Å²) < 4.78 is 0. The van der Waals surface area contributed by atoms with E-state index in [4.69, 9.17) is 18.0 Å². The minimum absolute atomic E-state index is 0.0240. The topological polar surface area (TPSA) is 58.4 Å². The third kappa shape index (κ3) is 4.02. The predicted octanol–water partition coefficient (Wildman–Crippen LogP) is 1.48. The molecule has 2 rings (SSSR count). The molecule has 0 aliphatic carbocycles. The van der Waals surface area contributed by atoms with Crippen molar-refractivity contribution in [1.29, 1.82) is 0 Å². The number of benzene rings is 1. The molecule has 3 N–H and O–H groups in total. The van der Waals surface area contributed by atoms with Gasteiger partial charge in [0, 0.05) is 31.2 Å². The van der Waals surface area contributed by atoms with E-state index in [1.165, 1.54) is 0 Å². The van der Waals surface area contributed by atoms with Gasteiger partial charge in [0.15, 0.2) is 0 Å². The van der Waals surface area contributed by atoms with Crippen LogP contribution in [0.2, 0.25) is 0 Å². The van der Waals surface area contributed by atoms with Gasteiger partial charge in [-0.2, -0.15) is 0 Å². The molecular weight excluding hydrogens is 270 g/mol. The molecule has 0 atom stereocenters. The summed E-state index contributed by atoms with van der Waals surface area (Å²) in [6.45, 7) is 4.49. The Morgan fingerprint density at radius 1 is 1.40 bits per heavy atom. The molecule has 1 aromatic carbocycles. The van der Waals surface area contributed by atoms with Crippen molar-refractivity contribution in [3.63, 3.8) is 0 Å². The minimum atomic E-state index is 0.0240. The van der Waals surface area contributed by atoms with E-state index in [-0.39, 0.29) is 11.9 Å². The molecule has 0 radical (unpaired) electrons. The molecule has 0 aromatic heterocycles. The Hall–Kier alpha value is -1.46. The Balaban J connectivity index is 1.85. The number of amides is 1. The van der Waals surface area contributed by atoms with Crippen molar-refractivity contribution in [3.8, 4) is 0 Å². The number of carbonyl (C=O) groups excluding carboxylic acids is 1. The van der Waals surface area contributed by atoms with Crippen LogP contribution in [0.25, 0.3) is 0 Å². The quantitative estimate of drug-likeness (QED) is 0.825. The molecule has 1 amide bonds. The van der Waals surface area contributed by atoms with Gasteiger partial charge in [-0.05, 0) is 31.4 Å². The van der Waals surface area contributed by atoms with Crippen molar-refractivity contribution in [2.24, 2.45) is 5.73 Å². The molecule has 0 saturated carbocycles. The van der Waals surface area contributed by atoms with E-state index in [2.05, 4.69) is 10.2 Å². The van der Waals surface area contributed by atoms with Crippen LogP contribution in [-0.4, -0.2) is 41.5 Å².